The molecule has 10 heteroatoms. The molecule has 0 saturated carbocycles. The number of carbonyl (C=O) groups is 2. The molecule has 0 spiro atoms. The standard InChI is InChI=1S/C18H26ClN3O5S/c1-18(2,3)27-17(24)21(4)12-16(23)20-13-7-8-14(19)15(11-13)28(25,26)22-9-5-6-10-22/h7-8,11H,5-6,9-10,12H2,1-4H3,(H,20,23). The summed E-state index contributed by atoms with van der Waals surface area (Å²) in [6.45, 7) is 5.86. The van der Waals surface area contributed by atoms with Crippen molar-refractivity contribution in [2.75, 3.05) is 32.0 Å². The van der Waals surface area contributed by atoms with Gasteiger partial charge in [0.15, 0.2) is 0 Å². The Labute approximate surface area is 170 Å². The first kappa shape index (κ1) is 22.4. The number of hydrogen-bond acceptors (Lipinski definition) is 5. The van der Waals surface area contributed by atoms with Gasteiger partial charge in [-0.15, -0.1) is 0 Å². The molecule has 1 heterocycles. The number of hydrogen-bond donors (Lipinski definition) is 1. The molecule has 1 fully saturated rings. The number of anilines is 1. The molecular weight excluding hydrogens is 406 g/mol. The maximum Gasteiger partial charge on any atom is 0.410 e. The molecule has 0 aliphatic carbocycles. The second-order valence-electron chi connectivity index (χ2n) is 7.64. The Morgan fingerprint density at radius 3 is 2.43 bits per heavy atom. The number of rotatable bonds is 5. The van der Waals surface area contributed by atoms with E-state index < -0.39 is 27.6 Å². The van der Waals surface area contributed by atoms with Crippen LogP contribution in [0.15, 0.2) is 23.1 Å². The summed E-state index contributed by atoms with van der Waals surface area (Å²) in [5, 5.41) is 2.68. The van der Waals surface area contributed by atoms with Gasteiger partial charge >= 0.3 is 6.09 Å². The Balaban J connectivity index is 2.08. The minimum Gasteiger partial charge on any atom is -0.444 e. The van der Waals surface area contributed by atoms with Gasteiger partial charge in [0.05, 0.1) is 5.02 Å². The van der Waals surface area contributed by atoms with Gasteiger partial charge in [-0.3, -0.25) is 4.79 Å². The lowest BCUT2D eigenvalue weighted by molar-refractivity contribution is -0.117. The van der Waals surface area contributed by atoms with Crippen LogP contribution in [0.5, 0.6) is 0 Å². The molecule has 0 unspecified atom stereocenters. The lowest BCUT2D eigenvalue weighted by atomic mass is 10.2. The summed E-state index contributed by atoms with van der Waals surface area (Å²) < 4.78 is 32.1. The van der Waals surface area contributed by atoms with Gasteiger partial charge in [0, 0.05) is 25.8 Å². The van der Waals surface area contributed by atoms with E-state index in [1.165, 1.54) is 29.6 Å². The average molecular weight is 432 g/mol. The van der Waals surface area contributed by atoms with Crippen LogP contribution in [-0.2, 0) is 19.6 Å². The van der Waals surface area contributed by atoms with Crippen molar-refractivity contribution in [3.8, 4) is 0 Å². The Bertz CT molecular complexity index is 845. The van der Waals surface area contributed by atoms with Gasteiger partial charge in [0.1, 0.15) is 17.0 Å². The first-order chi connectivity index (χ1) is 12.9. The lowest BCUT2D eigenvalue weighted by Crippen LogP contribution is -2.38. The van der Waals surface area contributed by atoms with Gasteiger partial charge in [0.25, 0.3) is 0 Å². The van der Waals surface area contributed by atoms with E-state index in [1.54, 1.807) is 20.8 Å². The minimum atomic E-state index is -3.72. The van der Waals surface area contributed by atoms with Crippen molar-refractivity contribution in [2.45, 2.75) is 44.1 Å². The van der Waals surface area contributed by atoms with E-state index in [4.69, 9.17) is 16.3 Å². The maximum absolute atomic E-state index is 12.8. The summed E-state index contributed by atoms with van der Waals surface area (Å²) in [5.41, 5.74) is -0.388. The predicted octanol–water partition coefficient (Wildman–Crippen LogP) is 2.93. The Morgan fingerprint density at radius 2 is 1.86 bits per heavy atom. The molecule has 1 saturated heterocycles. The topological polar surface area (TPSA) is 96.0 Å². The summed E-state index contributed by atoms with van der Waals surface area (Å²) >= 11 is 6.10. The number of benzene rings is 1. The van der Waals surface area contributed by atoms with Crippen molar-refractivity contribution in [3.05, 3.63) is 23.2 Å². The minimum absolute atomic E-state index is 0.0469. The van der Waals surface area contributed by atoms with Gasteiger partial charge < -0.3 is 15.0 Å². The normalized spacial score (nSPS) is 15.3. The van der Waals surface area contributed by atoms with Gasteiger partial charge in [0.2, 0.25) is 15.9 Å². The predicted molar refractivity (Wildman–Crippen MR) is 107 cm³/mol. The summed E-state index contributed by atoms with van der Waals surface area (Å²) in [5.74, 6) is -0.486. The van der Waals surface area contributed by atoms with Crippen LogP contribution >= 0.6 is 11.6 Å². The summed E-state index contributed by atoms with van der Waals surface area (Å²) in [6, 6.07) is 4.27. The highest BCUT2D eigenvalue weighted by atomic mass is 35.5. The fourth-order valence-electron chi connectivity index (χ4n) is 2.67. The van der Waals surface area contributed by atoms with Crippen LogP contribution in [0.1, 0.15) is 33.6 Å². The van der Waals surface area contributed by atoms with E-state index in [-0.39, 0.29) is 22.2 Å². The highest BCUT2D eigenvalue weighted by molar-refractivity contribution is 7.89. The highest BCUT2D eigenvalue weighted by Gasteiger charge is 2.29. The van der Waals surface area contributed by atoms with Crippen molar-refractivity contribution in [1.29, 1.82) is 0 Å². The number of halogens is 1. The molecule has 1 aliphatic heterocycles. The summed E-state index contributed by atoms with van der Waals surface area (Å²) in [4.78, 5) is 25.3. The zero-order valence-electron chi connectivity index (χ0n) is 16.5. The number of nitrogens with zero attached hydrogens (tertiary/aromatic N) is 2. The largest absolute Gasteiger partial charge is 0.444 e. The Kier molecular flexibility index (Phi) is 6.95. The molecule has 0 atom stereocenters. The smallest absolute Gasteiger partial charge is 0.410 e. The molecule has 156 valence electrons. The van der Waals surface area contributed by atoms with E-state index >= 15 is 0 Å². The third-order valence-electron chi connectivity index (χ3n) is 3.98. The summed E-state index contributed by atoms with van der Waals surface area (Å²) in [7, 11) is -2.28. The van der Waals surface area contributed by atoms with Crippen molar-refractivity contribution in [1.82, 2.24) is 9.21 Å². The highest BCUT2D eigenvalue weighted by Crippen LogP contribution is 2.29. The molecule has 1 N–H and O–H groups in total. The van der Waals surface area contributed by atoms with Crippen LogP contribution in [0.25, 0.3) is 0 Å². The summed E-state index contributed by atoms with van der Waals surface area (Å²) in [6.07, 6.45) is 0.991. The first-order valence-electron chi connectivity index (χ1n) is 8.94. The van der Waals surface area contributed by atoms with Gasteiger partial charge in [-0.25, -0.2) is 13.2 Å². The molecule has 2 amide bonds. The molecule has 1 aromatic rings. The van der Waals surface area contributed by atoms with Crippen LogP contribution in [0, 0.1) is 0 Å². The quantitative estimate of drug-likeness (QED) is 0.773. The van der Waals surface area contributed by atoms with Crippen LogP contribution < -0.4 is 5.32 Å². The van der Waals surface area contributed by atoms with E-state index in [9.17, 15) is 18.0 Å². The van der Waals surface area contributed by atoms with Crippen molar-refractivity contribution >= 4 is 39.3 Å². The SMILES string of the molecule is CN(CC(=O)Nc1ccc(Cl)c(S(=O)(=O)N2CCCC2)c1)C(=O)OC(C)(C)C. The number of carbonyl (C=O) groups excluding carboxylic acids is 2. The molecular formula is C18H26ClN3O5S. The zero-order valence-corrected chi connectivity index (χ0v) is 18.1. The third-order valence-corrected chi connectivity index (χ3v) is 6.36. The van der Waals surface area contributed by atoms with Crippen molar-refractivity contribution in [3.63, 3.8) is 0 Å². The van der Waals surface area contributed by atoms with E-state index in [2.05, 4.69) is 5.32 Å². The molecule has 1 aliphatic rings. The second kappa shape index (κ2) is 8.67. The fourth-order valence-corrected chi connectivity index (χ4v) is 4.68. The number of amides is 2. The van der Waals surface area contributed by atoms with Crippen LogP contribution in [0.4, 0.5) is 10.5 Å². The number of nitrogens with one attached hydrogen (secondary N) is 1. The van der Waals surface area contributed by atoms with Crippen molar-refractivity contribution in [2.24, 2.45) is 0 Å². The van der Waals surface area contributed by atoms with Crippen LogP contribution in [0.3, 0.4) is 0 Å². The molecule has 0 radical (unpaired) electrons. The maximum atomic E-state index is 12.8. The molecule has 8 nitrogen and oxygen atoms in total. The molecule has 0 aromatic heterocycles. The zero-order chi connectivity index (χ0) is 21.1. The van der Waals surface area contributed by atoms with Crippen molar-refractivity contribution < 1.29 is 22.7 Å². The second-order valence-corrected chi connectivity index (χ2v) is 9.95. The average Bonchev–Trinajstić information content (AvgIpc) is 3.10. The van der Waals surface area contributed by atoms with Gasteiger partial charge in [-0.2, -0.15) is 4.31 Å². The third kappa shape index (κ3) is 5.83. The van der Waals surface area contributed by atoms with Gasteiger partial charge in [-0.05, 0) is 51.8 Å². The first-order valence-corrected chi connectivity index (χ1v) is 10.8. The monoisotopic (exact) mass is 431 g/mol. The van der Waals surface area contributed by atoms with Gasteiger partial charge in [-0.1, -0.05) is 11.6 Å². The number of ether oxygens (including phenoxy) is 1. The lowest BCUT2D eigenvalue weighted by Gasteiger charge is -2.24. The van der Waals surface area contributed by atoms with E-state index in [1.807, 2.05) is 0 Å². The van der Waals surface area contributed by atoms with E-state index in [0.717, 1.165) is 17.7 Å². The van der Waals surface area contributed by atoms with E-state index in [0.29, 0.717) is 13.1 Å². The molecule has 1 aromatic carbocycles. The molecule has 2 rings (SSSR count). The van der Waals surface area contributed by atoms with Crippen LogP contribution in [-0.4, -0.2) is 61.9 Å². The van der Waals surface area contributed by atoms with Crippen LogP contribution in [0.2, 0.25) is 5.02 Å². The number of sulfonamides is 1. The molecule has 28 heavy (non-hydrogen) atoms. The fraction of sp³-hybridized carbons (Fsp3) is 0.556. The molecule has 0 bridgehead atoms. The Hall–Kier alpha value is -1.84. The Morgan fingerprint density at radius 1 is 1.25 bits per heavy atom. The number of likely N-dealkylation sites (N-methyl/N-ethyl adjacent to an activating group) is 1.